The number of rotatable bonds is 6. The van der Waals surface area contributed by atoms with E-state index in [1.165, 1.54) is 150 Å². The van der Waals surface area contributed by atoms with Gasteiger partial charge >= 0.3 is 0 Å². The maximum atomic E-state index is 2.65. The summed E-state index contributed by atoms with van der Waals surface area (Å²) in [5, 5.41) is 8.37. The molecule has 0 bridgehead atoms. The van der Waals surface area contributed by atoms with Crippen LogP contribution in [0.1, 0.15) is 90.2 Å². The summed E-state index contributed by atoms with van der Waals surface area (Å²) >= 11 is 0. The van der Waals surface area contributed by atoms with Gasteiger partial charge < -0.3 is 0 Å². The second kappa shape index (κ2) is 15.4. The highest BCUT2D eigenvalue weighted by atomic mass is 14.5. The molecule has 2 saturated carbocycles. The Kier molecular flexibility index (Phi) is 9.32. The van der Waals surface area contributed by atoms with Crippen molar-refractivity contribution in [3.05, 3.63) is 205 Å². The lowest BCUT2D eigenvalue weighted by atomic mass is 9.26. The Labute approximate surface area is 415 Å². The van der Waals surface area contributed by atoms with Crippen molar-refractivity contribution in [3.8, 4) is 44.5 Å². The number of hydrogen-bond acceptors (Lipinski definition) is 0. The molecular formula is C68H60B2. The predicted molar refractivity (Wildman–Crippen MR) is 303 cm³/mol. The lowest BCUT2D eigenvalue weighted by Gasteiger charge is -2.48. The third kappa shape index (κ3) is 5.74. The monoisotopic (exact) mass is 898 g/mol. The smallest absolute Gasteiger partial charge is 0.0735 e. The molecule has 0 amide bonds. The van der Waals surface area contributed by atoms with Gasteiger partial charge in [0, 0.05) is 0 Å². The van der Waals surface area contributed by atoms with Crippen molar-refractivity contribution < 1.29 is 0 Å². The maximum Gasteiger partial charge on any atom is 0.216 e. The van der Waals surface area contributed by atoms with Gasteiger partial charge in [-0.15, -0.1) is 0 Å². The molecule has 0 nitrogen and oxygen atoms in total. The molecule has 2 aliphatic heterocycles. The van der Waals surface area contributed by atoms with Gasteiger partial charge in [0.25, 0.3) is 0 Å². The summed E-state index contributed by atoms with van der Waals surface area (Å²) in [4.78, 5) is 0. The minimum Gasteiger partial charge on any atom is -0.0735 e. The van der Waals surface area contributed by atoms with Crippen LogP contribution in [0.3, 0.4) is 0 Å². The molecule has 10 aromatic rings. The van der Waals surface area contributed by atoms with E-state index in [0.29, 0.717) is 13.4 Å². The molecule has 14 rings (SSSR count). The van der Waals surface area contributed by atoms with Crippen LogP contribution in [0.5, 0.6) is 0 Å². The van der Waals surface area contributed by atoms with E-state index in [1.807, 2.05) is 0 Å². The molecule has 70 heavy (non-hydrogen) atoms. The molecule has 0 saturated heterocycles. The van der Waals surface area contributed by atoms with Crippen LogP contribution in [0.15, 0.2) is 194 Å². The second-order valence-corrected chi connectivity index (χ2v) is 23.0. The molecule has 0 aromatic heterocycles. The SMILES string of the molecule is CC12CCCCC1(C)c1cc(-c3cc(-c4ccccc4)c4ccc5c(-c6ccc7c(c6)C6(C)CCCCC6(C)B7c6ccccc6)cc(-c6ccccc6)c6ccc3c4c65)ccc1B2c1ccccc1. The zero-order chi connectivity index (χ0) is 47.0. The van der Waals surface area contributed by atoms with Crippen molar-refractivity contribution in [3.63, 3.8) is 0 Å². The van der Waals surface area contributed by atoms with Gasteiger partial charge in [0.2, 0.25) is 13.4 Å². The lowest BCUT2D eigenvalue weighted by Crippen LogP contribution is -2.51. The van der Waals surface area contributed by atoms with Crippen molar-refractivity contribution in [2.24, 2.45) is 0 Å². The van der Waals surface area contributed by atoms with Crippen LogP contribution in [0.25, 0.3) is 76.8 Å². The molecule has 0 radical (unpaired) electrons. The molecular weight excluding hydrogens is 838 g/mol. The molecule has 2 fully saturated rings. The largest absolute Gasteiger partial charge is 0.216 e. The first-order chi connectivity index (χ1) is 34.2. The van der Waals surface area contributed by atoms with Gasteiger partial charge in [-0.3, -0.25) is 0 Å². The third-order valence-electron chi connectivity index (χ3n) is 19.9. The molecule has 2 heterocycles. The average Bonchev–Trinajstić information content (AvgIpc) is 3.75. The topological polar surface area (TPSA) is 0 Å². The second-order valence-electron chi connectivity index (χ2n) is 23.0. The van der Waals surface area contributed by atoms with Gasteiger partial charge in [-0.1, -0.05) is 270 Å². The number of benzene rings is 10. The summed E-state index contributed by atoms with van der Waals surface area (Å²) in [7, 11) is 0. The zero-order valence-electron chi connectivity index (χ0n) is 41.3. The standard InChI is InChI=1S/C68H60B2/c1-65-37-17-19-39-67(65,3)69(49-25-13-7-14-26-49)61-35-29-47(41-59(61)65)57-43-55(45-21-9-5-10-22-45)51-32-34-54-58(44-56(46-23-11-6-12-24-46)52-31-33-53(57)63(51)64(52)54)48-30-36-62-60(42-48)66(2)38-18-20-40-68(66,4)70(62)50-27-15-8-16-28-50/h5-16,21-36,41-44H,17-20,37-40H2,1-4H3. The number of hydrogen-bond donors (Lipinski definition) is 0. The Bertz CT molecular complexity index is 3430. The molecule has 10 aromatic carbocycles. The summed E-state index contributed by atoms with van der Waals surface area (Å²) in [5.74, 6) is 0. The first kappa shape index (κ1) is 42.3. The zero-order valence-corrected chi connectivity index (χ0v) is 41.3. The minimum absolute atomic E-state index is 0.0890. The summed E-state index contributed by atoms with van der Waals surface area (Å²) in [6, 6.07) is 75.5. The van der Waals surface area contributed by atoms with Gasteiger partial charge in [-0.2, -0.15) is 0 Å². The third-order valence-corrected chi connectivity index (χ3v) is 19.9. The molecule has 4 aliphatic rings. The minimum atomic E-state index is 0.0890. The van der Waals surface area contributed by atoms with Crippen molar-refractivity contribution in [2.75, 3.05) is 0 Å². The van der Waals surface area contributed by atoms with Crippen LogP contribution >= 0.6 is 0 Å². The van der Waals surface area contributed by atoms with Crippen LogP contribution in [-0.2, 0) is 10.8 Å². The van der Waals surface area contributed by atoms with E-state index in [1.54, 1.807) is 11.1 Å². The van der Waals surface area contributed by atoms with Gasteiger partial charge in [0.05, 0.1) is 0 Å². The van der Waals surface area contributed by atoms with Crippen LogP contribution in [-0.4, -0.2) is 13.4 Å². The van der Waals surface area contributed by atoms with Crippen molar-refractivity contribution >= 4 is 67.6 Å². The molecule has 4 atom stereocenters. The highest BCUT2D eigenvalue weighted by molar-refractivity contribution is 6.90. The van der Waals surface area contributed by atoms with Gasteiger partial charge in [-0.25, -0.2) is 0 Å². The first-order valence-corrected chi connectivity index (χ1v) is 26.5. The van der Waals surface area contributed by atoms with Crippen molar-refractivity contribution in [2.45, 2.75) is 101 Å². The predicted octanol–water partition coefficient (Wildman–Crippen LogP) is 15.7. The normalized spacial score (nSPS) is 23.7. The van der Waals surface area contributed by atoms with Crippen LogP contribution in [0, 0.1) is 0 Å². The quantitative estimate of drug-likeness (QED) is 0.115. The fourth-order valence-corrected chi connectivity index (χ4v) is 16.0. The Morgan fingerprint density at radius 3 is 1.01 bits per heavy atom. The highest BCUT2D eigenvalue weighted by Gasteiger charge is 2.61. The van der Waals surface area contributed by atoms with Crippen LogP contribution in [0.2, 0.25) is 10.6 Å². The molecule has 0 spiro atoms. The van der Waals surface area contributed by atoms with E-state index in [2.05, 4.69) is 222 Å². The summed E-state index contributed by atoms with van der Waals surface area (Å²) in [6.07, 6.45) is 10.2. The molecule has 2 aliphatic carbocycles. The van der Waals surface area contributed by atoms with E-state index in [9.17, 15) is 0 Å². The highest BCUT2D eigenvalue weighted by Crippen LogP contribution is 2.64. The molecule has 4 unspecified atom stereocenters. The van der Waals surface area contributed by atoms with Crippen molar-refractivity contribution in [1.82, 2.24) is 0 Å². The fraction of sp³-hybridized carbons (Fsp3) is 0.235. The van der Waals surface area contributed by atoms with E-state index < -0.39 is 0 Å². The van der Waals surface area contributed by atoms with Gasteiger partial charge in [0.1, 0.15) is 0 Å². The first-order valence-electron chi connectivity index (χ1n) is 26.5. The summed E-state index contributed by atoms with van der Waals surface area (Å²) < 4.78 is 0. The van der Waals surface area contributed by atoms with E-state index in [4.69, 9.17) is 0 Å². The average molecular weight is 899 g/mol. The Balaban J connectivity index is 1.04. The fourth-order valence-electron chi connectivity index (χ4n) is 16.0. The van der Waals surface area contributed by atoms with Gasteiger partial charge in [-0.05, 0) is 134 Å². The summed E-state index contributed by atoms with van der Waals surface area (Å²) in [5.41, 5.74) is 19.7. The molecule has 2 heteroatoms. The molecule has 338 valence electrons. The maximum absolute atomic E-state index is 2.65. The Hall–Kier alpha value is -6.63. The number of fused-ring (bicyclic) bond motifs is 6. The van der Waals surface area contributed by atoms with E-state index in [-0.39, 0.29) is 21.5 Å². The Morgan fingerprint density at radius 1 is 0.314 bits per heavy atom. The van der Waals surface area contributed by atoms with E-state index in [0.717, 1.165) is 0 Å². The van der Waals surface area contributed by atoms with Crippen LogP contribution < -0.4 is 21.9 Å². The van der Waals surface area contributed by atoms with Crippen LogP contribution in [0.4, 0.5) is 0 Å². The Morgan fingerprint density at radius 2 is 0.643 bits per heavy atom. The van der Waals surface area contributed by atoms with Crippen molar-refractivity contribution in [1.29, 1.82) is 0 Å². The lowest BCUT2D eigenvalue weighted by molar-refractivity contribution is 0.243. The molecule has 0 N–H and O–H groups in total. The van der Waals surface area contributed by atoms with E-state index >= 15 is 0 Å². The van der Waals surface area contributed by atoms with Gasteiger partial charge in [0.15, 0.2) is 0 Å². The summed E-state index contributed by atoms with van der Waals surface area (Å²) in [6.45, 7) is 11.2.